The van der Waals surface area contributed by atoms with E-state index in [0.717, 1.165) is 38.8 Å². The quantitative estimate of drug-likeness (QED) is 0.108. The Kier molecular flexibility index (Phi) is 14.7. The first-order valence-corrected chi connectivity index (χ1v) is 23.6. The fourth-order valence-corrected chi connectivity index (χ4v) is 11.4. The van der Waals surface area contributed by atoms with E-state index < -0.39 is 22.7 Å². The van der Waals surface area contributed by atoms with Crippen molar-refractivity contribution in [2.24, 2.45) is 34.5 Å². The van der Waals surface area contributed by atoms with E-state index >= 15 is 23.2 Å². The maximum atomic E-state index is 17.4. The summed E-state index contributed by atoms with van der Waals surface area (Å²) in [7, 11) is 3.25. The SMILES string of the molecule is COCCC1(C(=O)C2(CCOC)C=C(C(=O)c3ccccc3)C(c3cccc(F)c3C)=CC2C2CCCNC2)C=C(C(=O)c2ccccc2)C(c2cccc(F)c2C)=CC1C1CCCNC1. The molecule has 4 aromatic rings. The highest BCUT2D eigenvalue weighted by Crippen LogP contribution is 2.58. The molecule has 0 amide bonds. The highest BCUT2D eigenvalue weighted by molar-refractivity contribution is 6.21. The number of piperidine rings is 2. The van der Waals surface area contributed by atoms with E-state index in [9.17, 15) is 0 Å². The molecule has 6 unspecified atom stereocenters. The summed E-state index contributed by atoms with van der Waals surface area (Å²) in [6.45, 7) is 6.80. The van der Waals surface area contributed by atoms with Crippen molar-refractivity contribution < 1.29 is 32.6 Å². The lowest BCUT2D eigenvalue weighted by atomic mass is 9.50. The molecule has 0 bridgehead atoms. The van der Waals surface area contributed by atoms with Crippen LogP contribution in [0.2, 0.25) is 0 Å². The molecule has 0 radical (unpaired) electrons. The van der Waals surface area contributed by atoms with Gasteiger partial charge < -0.3 is 20.1 Å². The summed E-state index contributed by atoms with van der Waals surface area (Å²) >= 11 is 0. The number of methoxy groups -OCH3 is 2. The van der Waals surface area contributed by atoms with Crippen LogP contribution in [0.15, 0.2) is 133 Å². The third-order valence-electron chi connectivity index (χ3n) is 14.9. The van der Waals surface area contributed by atoms with Crippen LogP contribution in [0.3, 0.4) is 0 Å². The third-order valence-corrected chi connectivity index (χ3v) is 14.9. The van der Waals surface area contributed by atoms with Crippen molar-refractivity contribution in [1.82, 2.24) is 10.6 Å². The van der Waals surface area contributed by atoms with Gasteiger partial charge in [0.05, 0.1) is 10.8 Å². The van der Waals surface area contributed by atoms with Gasteiger partial charge in [-0.3, -0.25) is 14.4 Å². The Bertz CT molecular complexity index is 2380. The van der Waals surface area contributed by atoms with E-state index in [-0.39, 0.29) is 66.9 Å². The molecule has 9 heteroatoms. The summed E-state index contributed by atoms with van der Waals surface area (Å²) in [5, 5.41) is 7.23. The molecule has 4 aliphatic rings. The van der Waals surface area contributed by atoms with Gasteiger partial charge in [-0.15, -0.1) is 0 Å². The minimum absolute atomic E-state index is 0.0543. The van der Waals surface area contributed by atoms with Crippen molar-refractivity contribution in [3.63, 3.8) is 0 Å². The van der Waals surface area contributed by atoms with Crippen molar-refractivity contribution in [3.8, 4) is 0 Å². The fourth-order valence-electron chi connectivity index (χ4n) is 11.4. The van der Waals surface area contributed by atoms with Gasteiger partial charge in [-0.1, -0.05) is 109 Å². The summed E-state index contributed by atoms with van der Waals surface area (Å²) in [4.78, 5) is 47.9. The zero-order valence-corrected chi connectivity index (χ0v) is 38.6. The van der Waals surface area contributed by atoms with Gasteiger partial charge in [-0.05, 0) is 148 Å². The molecule has 7 nitrogen and oxygen atoms in total. The molecule has 66 heavy (non-hydrogen) atoms. The van der Waals surface area contributed by atoms with Crippen LogP contribution < -0.4 is 10.6 Å². The molecule has 4 aromatic carbocycles. The van der Waals surface area contributed by atoms with Crippen LogP contribution in [0.4, 0.5) is 8.78 Å². The number of nitrogens with one attached hydrogen (secondary N) is 2. The molecule has 6 atom stereocenters. The predicted octanol–water partition coefficient (Wildman–Crippen LogP) is 10.5. The number of carbonyl (C=O) groups excluding carboxylic acids is 3. The maximum absolute atomic E-state index is 17.4. The molecule has 2 fully saturated rings. The van der Waals surface area contributed by atoms with Crippen molar-refractivity contribution >= 4 is 28.5 Å². The number of hydrogen-bond acceptors (Lipinski definition) is 7. The van der Waals surface area contributed by atoms with Crippen molar-refractivity contribution in [1.29, 1.82) is 0 Å². The topological polar surface area (TPSA) is 93.7 Å². The smallest absolute Gasteiger partial charge is 0.193 e. The third kappa shape index (κ3) is 9.03. The molecule has 0 saturated carbocycles. The van der Waals surface area contributed by atoms with Crippen LogP contribution in [0.1, 0.15) is 81.5 Å². The van der Waals surface area contributed by atoms with Crippen molar-refractivity contribution in [2.75, 3.05) is 53.6 Å². The zero-order chi connectivity index (χ0) is 46.4. The zero-order valence-electron chi connectivity index (χ0n) is 38.6. The first-order chi connectivity index (χ1) is 32.0. The largest absolute Gasteiger partial charge is 0.385 e. The van der Waals surface area contributed by atoms with Crippen LogP contribution in [0, 0.1) is 60.0 Å². The van der Waals surface area contributed by atoms with E-state index in [2.05, 4.69) is 22.8 Å². The Labute approximate surface area is 388 Å². The second kappa shape index (κ2) is 20.6. The lowest BCUT2D eigenvalue weighted by molar-refractivity contribution is -0.143. The Hall–Kier alpha value is -5.45. The summed E-state index contributed by atoms with van der Waals surface area (Å²) in [6, 6.07) is 28.0. The average molecular weight is 893 g/mol. The first-order valence-electron chi connectivity index (χ1n) is 23.6. The summed E-state index contributed by atoms with van der Waals surface area (Å²) in [6.07, 6.45) is 11.9. The average Bonchev–Trinajstić information content (AvgIpc) is 3.36. The van der Waals surface area contributed by atoms with Gasteiger partial charge in [-0.2, -0.15) is 0 Å². The van der Waals surface area contributed by atoms with Gasteiger partial charge in [-0.25, -0.2) is 8.78 Å². The number of Topliss-reactive ketones (excluding diaryl/α,β-unsaturated/α-hetero) is 3. The van der Waals surface area contributed by atoms with Gasteiger partial charge in [0.1, 0.15) is 11.6 Å². The number of benzene rings is 4. The minimum Gasteiger partial charge on any atom is -0.385 e. The van der Waals surface area contributed by atoms with Crippen molar-refractivity contribution in [2.45, 2.75) is 52.4 Å². The van der Waals surface area contributed by atoms with Crippen LogP contribution in [0.5, 0.6) is 0 Å². The monoisotopic (exact) mass is 892 g/mol. The maximum Gasteiger partial charge on any atom is 0.193 e. The normalized spacial score (nSPS) is 25.5. The van der Waals surface area contributed by atoms with E-state index in [4.69, 9.17) is 9.47 Å². The lowest BCUT2D eigenvalue weighted by Gasteiger charge is -2.52. The van der Waals surface area contributed by atoms with Gasteiger partial charge >= 0.3 is 0 Å². The number of rotatable bonds is 16. The Balaban J connectivity index is 1.46. The molecule has 0 spiro atoms. The van der Waals surface area contributed by atoms with Crippen LogP contribution in [-0.2, 0) is 14.3 Å². The minimum atomic E-state index is -1.37. The molecule has 0 aromatic heterocycles. The van der Waals surface area contributed by atoms with Crippen LogP contribution in [0.25, 0.3) is 11.1 Å². The van der Waals surface area contributed by atoms with Crippen molar-refractivity contribution in [3.05, 3.63) is 178 Å². The second-order valence-corrected chi connectivity index (χ2v) is 18.7. The summed E-state index contributed by atoms with van der Waals surface area (Å²) < 4.78 is 43.2. The number of ether oxygens (including phenoxy) is 2. The summed E-state index contributed by atoms with van der Waals surface area (Å²) in [5.41, 5.74) is 2.02. The number of carbonyl (C=O) groups is 3. The molecular weight excluding hydrogens is 831 g/mol. The molecule has 2 heterocycles. The molecular formula is C57H62F2N2O5. The molecule has 8 rings (SSSR count). The predicted molar refractivity (Wildman–Crippen MR) is 257 cm³/mol. The number of ketones is 3. The molecule has 2 aliphatic carbocycles. The van der Waals surface area contributed by atoms with Gasteiger partial charge in [0, 0.05) is 49.7 Å². The van der Waals surface area contributed by atoms with Gasteiger partial charge in [0.2, 0.25) is 0 Å². The standard InChI is InChI=1S/C57H62F2N2O5/c1-37-43(21-11-23-51(37)58)45-31-49(41-19-13-27-60-35-41)56(25-29-65-3,33-47(45)53(62)39-15-7-5-8-16-39)55(64)57(26-30-66-4)34-48(54(63)40-17-9-6-10-18-40)46(44-22-12-24-52(59)38(44)2)32-50(57)42-20-14-28-61-36-42/h5-12,15-18,21-24,31-34,41-42,49-50,60-61H,13-14,19-20,25-30,35-36H2,1-4H3. The molecule has 2 N–H and O–H groups in total. The van der Waals surface area contributed by atoms with E-state index in [1.54, 1.807) is 64.5 Å². The second-order valence-electron chi connectivity index (χ2n) is 18.7. The number of halogens is 2. The first kappa shape index (κ1) is 47.1. The van der Waals surface area contributed by atoms with Crippen LogP contribution in [-0.4, -0.2) is 71.0 Å². The van der Waals surface area contributed by atoms with Crippen LogP contribution >= 0.6 is 0 Å². The Morgan fingerprint density at radius 1 is 0.591 bits per heavy atom. The van der Waals surface area contributed by atoms with E-state index in [0.29, 0.717) is 68.8 Å². The highest BCUT2D eigenvalue weighted by atomic mass is 19.1. The molecule has 2 saturated heterocycles. The fraction of sp³-hybridized carbons (Fsp3) is 0.386. The van der Waals surface area contributed by atoms with Gasteiger partial charge in [0.25, 0.3) is 0 Å². The highest BCUT2D eigenvalue weighted by Gasteiger charge is 2.59. The number of hydrogen-bond donors (Lipinski definition) is 2. The Morgan fingerprint density at radius 2 is 1.00 bits per heavy atom. The molecule has 2 aliphatic heterocycles. The van der Waals surface area contributed by atoms with E-state index in [1.165, 1.54) is 12.1 Å². The molecule has 344 valence electrons. The van der Waals surface area contributed by atoms with Gasteiger partial charge in [0.15, 0.2) is 17.3 Å². The van der Waals surface area contributed by atoms with E-state index in [1.807, 2.05) is 60.7 Å². The summed E-state index contributed by atoms with van der Waals surface area (Å²) in [5.74, 6) is -2.49. The Morgan fingerprint density at radius 3 is 1.36 bits per heavy atom. The lowest BCUT2D eigenvalue weighted by Crippen LogP contribution is -2.56. The number of allylic oxidation sites excluding steroid dienone is 8.